The number of unbranched alkanes of at least 4 members (excludes halogenated alkanes) is 8. The maximum atomic E-state index is 9.85. The monoisotopic (exact) mass is 277 g/mol. The Balaban J connectivity index is 3.17. The van der Waals surface area contributed by atoms with Gasteiger partial charge in [-0.25, -0.2) is 9.79 Å². The highest BCUT2D eigenvalue weighted by Crippen LogP contribution is 2.06. The minimum atomic E-state index is 0.647. The summed E-state index contributed by atoms with van der Waals surface area (Å²) in [5.41, 5.74) is 0. The lowest BCUT2D eigenvalue weighted by Crippen LogP contribution is -1.82. The topological polar surface area (TPSA) is 29.4 Å². The lowest BCUT2D eigenvalue weighted by atomic mass is 10.1. The minimum Gasteiger partial charge on any atom is -0.211 e. The third kappa shape index (κ3) is 16.9. The summed E-state index contributed by atoms with van der Waals surface area (Å²) in [5.74, 6) is 0. The van der Waals surface area contributed by atoms with Crippen molar-refractivity contribution in [1.82, 2.24) is 0 Å². The normalized spacial score (nSPS) is 11.2. The molecule has 0 aromatic carbocycles. The van der Waals surface area contributed by atoms with E-state index in [0.717, 1.165) is 12.8 Å². The van der Waals surface area contributed by atoms with E-state index < -0.39 is 0 Å². The molecule has 0 amide bonds. The summed E-state index contributed by atoms with van der Waals surface area (Å²) >= 11 is 0. The number of aliphatic imine (C=N–C) groups is 1. The summed E-state index contributed by atoms with van der Waals surface area (Å²) in [6, 6.07) is 0. The van der Waals surface area contributed by atoms with Crippen LogP contribution in [0.4, 0.5) is 0 Å². The van der Waals surface area contributed by atoms with Crippen LogP contribution in [0.2, 0.25) is 0 Å². The third-order valence-corrected chi connectivity index (χ3v) is 3.29. The van der Waals surface area contributed by atoms with Crippen molar-refractivity contribution in [3.05, 3.63) is 24.3 Å². The van der Waals surface area contributed by atoms with E-state index in [4.69, 9.17) is 0 Å². The van der Waals surface area contributed by atoms with Crippen molar-refractivity contribution in [3.63, 3.8) is 0 Å². The van der Waals surface area contributed by atoms with Gasteiger partial charge < -0.3 is 0 Å². The zero-order valence-corrected chi connectivity index (χ0v) is 13.2. The van der Waals surface area contributed by atoms with Gasteiger partial charge in [-0.2, -0.15) is 0 Å². The Kier molecular flexibility index (Phi) is 16.8. The van der Waals surface area contributed by atoms with E-state index in [9.17, 15) is 4.79 Å². The van der Waals surface area contributed by atoms with Crippen LogP contribution < -0.4 is 0 Å². The molecular formula is C18H31NO. The van der Waals surface area contributed by atoms with Crippen molar-refractivity contribution in [2.24, 2.45) is 4.99 Å². The van der Waals surface area contributed by atoms with Gasteiger partial charge in [-0.05, 0) is 38.5 Å². The molecule has 0 bridgehead atoms. The highest BCUT2D eigenvalue weighted by molar-refractivity contribution is 5.32. The molecule has 2 heteroatoms. The molecule has 0 aromatic rings. The van der Waals surface area contributed by atoms with Gasteiger partial charge in [0.1, 0.15) is 0 Å². The van der Waals surface area contributed by atoms with E-state index in [1.165, 1.54) is 57.8 Å². The van der Waals surface area contributed by atoms with Crippen LogP contribution in [0.25, 0.3) is 0 Å². The van der Waals surface area contributed by atoms with Crippen LogP contribution in [-0.2, 0) is 4.79 Å². The lowest BCUT2D eigenvalue weighted by Gasteiger charge is -1.97. The van der Waals surface area contributed by atoms with Crippen molar-refractivity contribution >= 4 is 6.08 Å². The van der Waals surface area contributed by atoms with Gasteiger partial charge in [-0.15, -0.1) is 0 Å². The molecule has 0 aliphatic heterocycles. The van der Waals surface area contributed by atoms with Gasteiger partial charge in [0.15, 0.2) is 0 Å². The van der Waals surface area contributed by atoms with Crippen molar-refractivity contribution < 1.29 is 4.79 Å². The third-order valence-electron chi connectivity index (χ3n) is 3.29. The first-order valence-corrected chi connectivity index (χ1v) is 8.25. The number of rotatable bonds is 14. The summed E-state index contributed by atoms with van der Waals surface area (Å²) in [6.07, 6.45) is 24.2. The molecule has 0 saturated heterocycles. The molecule has 0 fully saturated rings. The smallest absolute Gasteiger partial charge is 0.211 e. The van der Waals surface area contributed by atoms with E-state index in [1.807, 2.05) is 0 Å². The summed E-state index contributed by atoms with van der Waals surface area (Å²) in [6.45, 7) is 2.89. The second-order valence-corrected chi connectivity index (χ2v) is 5.20. The summed E-state index contributed by atoms with van der Waals surface area (Å²) < 4.78 is 0. The first kappa shape index (κ1) is 18.9. The first-order chi connectivity index (χ1) is 9.91. The molecule has 0 spiro atoms. The van der Waals surface area contributed by atoms with E-state index in [0.29, 0.717) is 6.54 Å². The minimum absolute atomic E-state index is 0.647. The molecule has 0 saturated carbocycles. The van der Waals surface area contributed by atoms with E-state index in [2.05, 4.69) is 36.2 Å². The number of allylic oxidation sites excluding steroid dienone is 4. The number of nitrogens with zero attached hydrogens (tertiary/aromatic N) is 1. The highest BCUT2D eigenvalue weighted by atomic mass is 16.1. The van der Waals surface area contributed by atoms with Crippen molar-refractivity contribution in [1.29, 1.82) is 0 Å². The van der Waals surface area contributed by atoms with Crippen molar-refractivity contribution in [3.8, 4) is 0 Å². The van der Waals surface area contributed by atoms with Crippen LogP contribution in [0.5, 0.6) is 0 Å². The second-order valence-electron chi connectivity index (χ2n) is 5.20. The maximum Gasteiger partial charge on any atom is 0.234 e. The van der Waals surface area contributed by atoms with Crippen molar-refractivity contribution in [2.45, 2.75) is 77.6 Å². The van der Waals surface area contributed by atoms with Gasteiger partial charge >= 0.3 is 0 Å². The molecule has 0 N–H and O–H groups in total. The summed E-state index contributed by atoms with van der Waals surface area (Å²) in [7, 11) is 0. The van der Waals surface area contributed by atoms with Crippen LogP contribution >= 0.6 is 0 Å². The quantitative estimate of drug-likeness (QED) is 0.172. The molecule has 0 heterocycles. The predicted octanol–water partition coefficient (Wildman–Crippen LogP) is 5.75. The van der Waals surface area contributed by atoms with E-state index in [-0.39, 0.29) is 0 Å². The molecule has 2 nitrogen and oxygen atoms in total. The Morgan fingerprint density at radius 2 is 1.40 bits per heavy atom. The van der Waals surface area contributed by atoms with Crippen LogP contribution in [-0.4, -0.2) is 12.6 Å². The van der Waals surface area contributed by atoms with E-state index >= 15 is 0 Å². The molecule has 0 atom stereocenters. The fraction of sp³-hybridized carbons (Fsp3) is 0.722. The Labute approximate surface area is 125 Å². The second kappa shape index (κ2) is 17.9. The largest absolute Gasteiger partial charge is 0.234 e. The number of hydrogen-bond donors (Lipinski definition) is 0. The lowest BCUT2D eigenvalue weighted by molar-refractivity contribution is 0.560. The average Bonchev–Trinajstić information content (AvgIpc) is 2.47. The molecule has 0 aliphatic carbocycles. The fourth-order valence-corrected chi connectivity index (χ4v) is 2.05. The van der Waals surface area contributed by atoms with Gasteiger partial charge in [-0.1, -0.05) is 63.3 Å². The molecule has 114 valence electrons. The first-order valence-electron chi connectivity index (χ1n) is 8.25. The zero-order valence-electron chi connectivity index (χ0n) is 13.2. The SMILES string of the molecule is CCCCCC=CCC=CCCCCCCCN=C=O. The van der Waals surface area contributed by atoms with Gasteiger partial charge in [0.25, 0.3) is 0 Å². The Hall–Kier alpha value is -1.14. The van der Waals surface area contributed by atoms with Gasteiger partial charge in [0, 0.05) is 0 Å². The molecule has 0 radical (unpaired) electrons. The zero-order chi connectivity index (χ0) is 14.7. The number of hydrogen-bond acceptors (Lipinski definition) is 2. The Morgan fingerprint density at radius 3 is 2.05 bits per heavy atom. The predicted molar refractivity (Wildman–Crippen MR) is 87.7 cm³/mol. The standard InChI is InChI=1S/C18H31NO/c1-2-3-4-5-6-7-8-9-10-11-12-13-14-15-16-17-19-18-20/h6-7,9-10H,2-5,8,11-17H2,1H3. The van der Waals surface area contributed by atoms with Crippen LogP contribution in [0, 0.1) is 0 Å². The maximum absolute atomic E-state index is 9.85. The molecule has 20 heavy (non-hydrogen) atoms. The van der Waals surface area contributed by atoms with Gasteiger partial charge in [0.2, 0.25) is 6.08 Å². The van der Waals surface area contributed by atoms with Crippen LogP contribution in [0.3, 0.4) is 0 Å². The molecule has 0 aliphatic rings. The van der Waals surface area contributed by atoms with Crippen LogP contribution in [0.15, 0.2) is 29.3 Å². The molecular weight excluding hydrogens is 246 g/mol. The van der Waals surface area contributed by atoms with Gasteiger partial charge in [0.05, 0.1) is 6.54 Å². The number of isocyanates is 1. The molecule has 0 rings (SSSR count). The van der Waals surface area contributed by atoms with Crippen molar-refractivity contribution in [2.75, 3.05) is 6.54 Å². The van der Waals surface area contributed by atoms with Gasteiger partial charge in [-0.3, -0.25) is 0 Å². The summed E-state index contributed by atoms with van der Waals surface area (Å²) in [5, 5.41) is 0. The van der Waals surface area contributed by atoms with Crippen LogP contribution in [0.1, 0.15) is 77.6 Å². The average molecular weight is 277 g/mol. The fourth-order valence-electron chi connectivity index (χ4n) is 2.05. The number of carbonyl (C=O) groups excluding carboxylic acids is 1. The Bertz CT molecular complexity index is 288. The molecule has 0 aromatic heterocycles. The Morgan fingerprint density at radius 1 is 0.800 bits per heavy atom. The highest BCUT2D eigenvalue weighted by Gasteiger charge is 1.89. The molecule has 0 unspecified atom stereocenters. The summed E-state index contributed by atoms with van der Waals surface area (Å²) in [4.78, 5) is 13.4. The van der Waals surface area contributed by atoms with E-state index in [1.54, 1.807) is 6.08 Å².